The number of aliphatic hydroxyl groups excluding tert-OH is 6. The van der Waals surface area contributed by atoms with Crippen LogP contribution in [0.15, 0.2) is 38.0 Å². The quantitative estimate of drug-likeness (QED) is 0.137. The zero-order valence-electron chi connectivity index (χ0n) is 22.9. The van der Waals surface area contributed by atoms with E-state index in [4.69, 9.17) is 50.7 Å². The average Bonchev–Trinajstić information content (AvgIpc) is 2.90. The van der Waals surface area contributed by atoms with Crippen LogP contribution in [0.3, 0.4) is 0 Å². The summed E-state index contributed by atoms with van der Waals surface area (Å²) in [6, 6.07) is 0. The van der Waals surface area contributed by atoms with Gasteiger partial charge in [-0.05, 0) is 5.41 Å². The van der Waals surface area contributed by atoms with Crippen LogP contribution in [0.25, 0.3) is 0 Å². The van der Waals surface area contributed by atoms with Gasteiger partial charge in [0.05, 0.1) is 63.7 Å². The molecule has 0 atom stereocenters. The Morgan fingerprint density at radius 2 is 0.763 bits per heavy atom. The molecule has 0 radical (unpaired) electrons. The summed E-state index contributed by atoms with van der Waals surface area (Å²) in [6.45, 7) is 14.8. The molecule has 0 bridgehead atoms. The lowest BCUT2D eigenvalue weighted by Gasteiger charge is -2.31. The Balaban J connectivity index is -0.000000141. The van der Waals surface area contributed by atoms with Gasteiger partial charge in [0.1, 0.15) is 0 Å². The smallest absolute Gasteiger partial charge is 0.327 e. The molecule has 0 aromatic heterocycles. The zero-order valence-corrected chi connectivity index (χ0v) is 22.9. The molecule has 38 heavy (non-hydrogen) atoms. The van der Waals surface area contributed by atoms with Crippen molar-refractivity contribution in [3.8, 4) is 0 Å². The molecule has 9 N–H and O–H groups in total. The minimum atomic E-state index is -1.16. The first-order chi connectivity index (χ1) is 17.4. The van der Waals surface area contributed by atoms with Crippen LogP contribution in [0.2, 0.25) is 0 Å². The van der Waals surface area contributed by atoms with Crippen molar-refractivity contribution < 1.29 is 65.1 Å². The monoisotopic (exact) mass is 556 g/mol. The van der Waals surface area contributed by atoms with Crippen molar-refractivity contribution >= 4 is 17.9 Å². The fourth-order valence-corrected chi connectivity index (χ4v) is 1.06. The van der Waals surface area contributed by atoms with Gasteiger partial charge in [-0.15, -0.1) is 0 Å². The maximum atomic E-state index is 9.25. The number of rotatable bonds is 13. The Bertz CT molecular complexity index is 552. The van der Waals surface area contributed by atoms with Gasteiger partial charge in [-0.2, -0.15) is 0 Å². The van der Waals surface area contributed by atoms with Gasteiger partial charge in [0, 0.05) is 18.2 Å². The van der Waals surface area contributed by atoms with Crippen LogP contribution >= 0.6 is 0 Å². The molecule has 0 unspecified atom stereocenters. The van der Waals surface area contributed by atoms with Crippen LogP contribution in [-0.2, 0) is 19.1 Å². The predicted molar refractivity (Wildman–Crippen MR) is 141 cm³/mol. The number of carbonyl (C=O) groups is 3. The molecule has 13 heteroatoms. The van der Waals surface area contributed by atoms with Crippen molar-refractivity contribution in [2.75, 3.05) is 52.9 Å². The summed E-state index contributed by atoms with van der Waals surface area (Å²) >= 11 is 0. The Morgan fingerprint density at radius 3 is 0.842 bits per heavy atom. The van der Waals surface area contributed by atoms with Crippen molar-refractivity contribution in [3.05, 3.63) is 38.0 Å². The molecule has 0 aliphatic carbocycles. The maximum Gasteiger partial charge on any atom is 0.327 e. The lowest BCUT2D eigenvalue weighted by atomic mass is 9.91. The summed E-state index contributed by atoms with van der Waals surface area (Å²) in [5.74, 6) is -2.94. The van der Waals surface area contributed by atoms with Crippen LogP contribution in [0, 0.1) is 16.2 Å². The van der Waals surface area contributed by atoms with E-state index < -0.39 is 68.4 Å². The van der Waals surface area contributed by atoms with E-state index in [1.807, 2.05) is 0 Å². The van der Waals surface area contributed by atoms with Crippen LogP contribution in [-0.4, -0.2) is 117 Å². The molecular formula is C25H48O13. The molecule has 0 spiro atoms. The second-order valence-corrected chi connectivity index (χ2v) is 8.98. The summed E-state index contributed by atoms with van der Waals surface area (Å²) in [5.41, 5.74) is -1.78. The highest BCUT2D eigenvalue weighted by molar-refractivity contribution is 5.79. The number of hydrogen-bond donors (Lipinski definition) is 9. The third-order valence-electron chi connectivity index (χ3n) is 4.41. The third kappa shape index (κ3) is 33.4. The second kappa shape index (κ2) is 27.4. The van der Waals surface area contributed by atoms with Crippen LogP contribution < -0.4 is 0 Å². The van der Waals surface area contributed by atoms with E-state index in [0.717, 1.165) is 18.2 Å². The third-order valence-corrected chi connectivity index (χ3v) is 4.41. The molecule has 0 aromatic rings. The number of carboxylic acid groups (broad SMARTS) is 3. The largest absolute Gasteiger partial charge is 0.478 e. The van der Waals surface area contributed by atoms with Crippen LogP contribution in [0.4, 0.5) is 0 Å². The first-order valence-electron chi connectivity index (χ1n) is 11.2. The Morgan fingerprint density at radius 1 is 0.605 bits per heavy atom. The van der Waals surface area contributed by atoms with Gasteiger partial charge in [-0.3, -0.25) is 0 Å². The molecular weight excluding hydrogens is 508 g/mol. The fourth-order valence-electron chi connectivity index (χ4n) is 1.06. The van der Waals surface area contributed by atoms with Gasteiger partial charge >= 0.3 is 17.9 Å². The van der Waals surface area contributed by atoms with Crippen molar-refractivity contribution in [3.63, 3.8) is 0 Å². The van der Waals surface area contributed by atoms with Gasteiger partial charge in [-0.1, -0.05) is 53.9 Å². The number of carboxylic acids is 3. The number of aliphatic hydroxyl groups is 6. The van der Waals surface area contributed by atoms with Gasteiger partial charge in [-0.25, -0.2) is 14.4 Å². The van der Waals surface area contributed by atoms with Crippen molar-refractivity contribution in [1.82, 2.24) is 0 Å². The highest BCUT2D eigenvalue weighted by Crippen LogP contribution is 2.19. The molecule has 0 rings (SSSR count). The number of aliphatic carboxylic acids is 3. The topological polar surface area (TPSA) is 243 Å². The minimum absolute atomic E-state index is 0.141. The number of hydrogen-bond acceptors (Lipinski definition) is 10. The summed E-state index contributed by atoms with van der Waals surface area (Å²) in [4.78, 5) is 27.8. The normalized spacial score (nSPS) is 10.3. The van der Waals surface area contributed by atoms with Gasteiger partial charge in [0.25, 0.3) is 0 Å². The summed E-state index contributed by atoms with van der Waals surface area (Å²) in [6.07, 6.45) is 3.77. The molecule has 0 saturated carbocycles. The molecule has 0 aliphatic heterocycles. The lowest BCUT2D eigenvalue weighted by Crippen LogP contribution is -2.43. The number of ether oxygens (including phenoxy) is 1. The summed E-state index contributed by atoms with van der Waals surface area (Å²) < 4.78 is 5.15. The highest BCUT2D eigenvalue weighted by Gasteiger charge is 2.32. The fraction of sp³-hybridized carbons (Fsp3) is 0.640. The summed E-state index contributed by atoms with van der Waals surface area (Å²) in [7, 11) is 0. The Kier molecular flexibility index (Phi) is 32.6. The second-order valence-electron chi connectivity index (χ2n) is 8.98. The molecule has 13 nitrogen and oxygen atoms in total. The van der Waals surface area contributed by atoms with E-state index in [9.17, 15) is 14.4 Å². The minimum Gasteiger partial charge on any atom is -0.478 e. The van der Waals surface area contributed by atoms with E-state index in [1.165, 1.54) is 6.42 Å². The van der Waals surface area contributed by atoms with Crippen LogP contribution in [0.5, 0.6) is 0 Å². The van der Waals surface area contributed by atoms with E-state index >= 15 is 0 Å². The van der Waals surface area contributed by atoms with E-state index in [2.05, 4.69) is 47.4 Å². The maximum absolute atomic E-state index is 9.25. The predicted octanol–water partition coefficient (Wildman–Crippen LogP) is 0.143. The average molecular weight is 557 g/mol. The Hall–Kier alpha value is -2.65. The van der Waals surface area contributed by atoms with Gasteiger partial charge in [0.15, 0.2) is 0 Å². The molecule has 0 amide bonds. The van der Waals surface area contributed by atoms with Crippen molar-refractivity contribution in [2.45, 2.75) is 34.1 Å². The standard InChI is InChI=1S/C10H22O7.C6H14.3C3H4O2/c11-1-9(2-12,3-13)7-17-8-10(4-14,5-15)6-16;1-5-6(2,3)4;3*1-2-3(4)5/h11-16H,1-8H2;5H2,1-4H3;3*2H,1H2,(H,4,5). The molecule has 0 fully saturated rings. The van der Waals surface area contributed by atoms with Crippen LogP contribution in [0.1, 0.15) is 34.1 Å². The highest BCUT2D eigenvalue weighted by atomic mass is 16.5. The van der Waals surface area contributed by atoms with Crippen molar-refractivity contribution in [1.29, 1.82) is 0 Å². The van der Waals surface area contributed by atoms with E-state index in [1.54, 1.807) is 0 Å². The first-order valence-corrected chi connectivity index (χ1v) is 11.2. The SMILES string of the molecule is C=CC(=O)O.C=CC(=O)O.C=CC(=O)O.CCC(C)(C)C.OCC(CO)(CO)COCC(CO)(CO)CO. The molecule has 0 heterocycles. The van der Waals surface area contributed by atoms with Gasteiger partial charge < -0.3 is 50.7 Å². The van der Waals surface area contributed by atoms with E-state index in [-0.39, 0.29) is 13.2 Å². The molecule has 0 saturated heterocycles. The lowest BCUT2D eigenvalue weighted by molar-refractivity contribution is -0.132. The van der Waals surface area contributed by atoms with E-state index in [0.29, 0.717) is 5.41 Å². The van der Waals surface area contributed by atoms with Gasteiger partial charge in [0.2, 0.25) is 0 Å². The van der Waals surface area contributed by atoms with Crippen molar-refractivity contribution in [2.24, 2.45) is 16.2 Å². The first kappa shape index (κ1) is 45.3. The molecule has 0 aliphatic rings. The zero-order chi connectivity index (χ0) is 31.4. The summed E-state index contributed by atoms with van der Waals surface area (Å²) in [5, 5.41) is 77.0. The molecule has 226 valence electrons. The molecule has 0 aromatic carbocycles. The Labute approximate surface area is 224 Å².